The van der Waals surface area contributed by atoms with Crippen LogP contribution in [-0.2, 0) is 0 Å². The average Bonchev–Trinajstić information content (AvgIpc) is 2.18. The highest BCUT2D eigenvalue weighted by molar-refractivity contribution is 6.36. The maximum atomic E-state index is 13.3. The van der Waals surface area contributed by atoms with Gasteiger partial charge in [0.25, 0.3) is 0 Å². The first-order valence-electron chi connectivity index (χ1n) is 4.05. The van der Waals surface area contributed by atoms with Gasteiger partial charge in [0.2, 0.25) is 10.9 Å². The van der Waals surface area contributed by atoms with E-state index in [4.69, 9.17) is 11.6 Å². The molecule has 0 saturated carbocycles. The van der Waals surface area contributed by atoms with E-state index in [0.717, 1.165) is 0 Å². The number of rotatable bonds is 3. The molecule has 13 heavy (non-hydrogen) atoms. The van der Waals surface area contributed by atoms with E-state index in [1.54, 1.807) is 30.3 Å². The molecular weight excluding hydrogens is 191 g/mol. The summed E-state index contributed by atoms with van der Waals surface area (Å²) in [5, 5.41) is -2.26. The van der Waals surface area contributed by atoms with E-state index in [1.807, 2.05) is 0 Å². The summed E-state index contributed by atoms with van der Waals surface area (Å²) < 4.78 is 13.3. The van der Waals surface area contributed by atoms with Crippen molar-refractivity contribution in [3.8, 4) is 0 Å². The summed E-state index contributed by atoms with van der Waals surface area (Å²) in [7, 11) is 0. The Morgan fingerprint density at radius 1 is 1.46 bits per heavy atom. The zero-order chi connectivity index (χ0) is 9.90. The summed E-state index contributed by atoms with van der Waals surface area (Å²) in [5.41, 5.74) is 0.307. The van der Waals surface area contributed by atoms with Crippen molar-refractivity contribution in [2.24, 2.45) is 0 Å². The summed E-state index contributed by atoms with van der Waals surface area (Å²) in [5.74, 6) is -0.669. The Balaban J connectivity index is 2.93. The summed E-state index contributed by atoms with van der Waals surface area (Å²) >= 11 is 5.39. The van der Waals surface area contributed by atoms with Crippen LogP contribution < -0.4 is 0 Å². The second-order valence-electron chi connectivity index (χ2n) is 2.75. The fourth-order valence-corrected chi connectivity index (χ4v) is 1.07. The quantitative estimate of drug-likeness (QED) is 0.541. The monoisotopic (exact) mass is 200 g/mol. The third-order valence-electron chi connectivity index (χ3n) is 1.81. The Morgan fingerprint density at radius 3 is 2.46 bits per heavy atom. The van der Waals surface area contributed by atoms with Gasteiger partial charge in [-0.2, -0.15) is 0 Å². The lowest BCUT2D eigenvalue weighted by Gasteiger charge is -2.13. The molecule has 1 aromatic rings. The number of hydrogen-bond acceptors (Lipinski definition) is 1. The molecule has 0 aromatic heterocycles. The Hall–Kier alpha value is -0.890. The van der Waals surface area contributed by atoms with Gasteiger partial charge in [0.1, 0.15) is 0 Å². The zero-order valence-electron chi connectivity index (χ0n) is 7.26. The van der Waals surface area contributed by atoms with E-state index in [2.05, 4.69) is 0 Å². The van der Waals surface area contributed by atoms with Crippen LogP contribution >= 0.6 is 11.6 Å². The molecule has 0 aliphatic rings. The molecule has 0 radical (unpaired) electrons. The Morgan fingerprint density at radius 2 is 2.00 bits per heavy atom. The standard InChI is InChI=1S/C10H10ClFO/c1-2-10(11,12)9(13)8-6-4-3-5-7-8/h3-7H,2H2,1H3. The van der Waals surface area contributed by atoms with Gasteiger partial charge in [-0.25, -0.2) is 4.39 Å². The van der Waals surface area contributed by atoms with E-state index in [0.29, 0.717) is 5.56 Å². The van der Waals surface area contributed by atoms with Crippen LogP contribution in [0.2, 0.25) is 0 Å². The van der Waals surface area contributed by atoms with E-state index in [9.17, 15) is 9.18 Å². The molecule has 1 nitrogen and oxygen atoms in total. The number of carbonyl (C=O) groups excluding carboxylic acids is 1. The second-order valence-corrected chi connectivity index (χ2v) is 3.35. The molecule has 1 rings (SSSR count). The van der Waals surface area contributed by atoms with Crippen LogP contribution in [0.5, 0.6) is 0 Å². The van der Waals surface area contributed by atoms with Gasteiger partial charge < -0.3 is 0 Å². The van der Waals surface area contributed by atoms with Gasteiger partial charge in [-0.1, -0.05) is 48.9 Å². The van der Waals surface area contributed by atoms with Gasteiger partial charge in [-0.15, -0.1) is 0 Å². The first-order chi connectivity index (χ1) is 6.08. The van der Waals surface area contributed by atoms with Gasteiger partial charge in [-0.3, -0.25) is 4.79 Å². The summed E-state index contributed by atoms with van der Waals surface area (Å²) in [4.78, 5) is 11.4. The third-order valence-corrected chi connectivity index (χ3v) is 2.25. The highest BCUT2D eigenvalue weighted by Gasteiger charge is 2.34. The summed E-state index contributed by atoms with van der Waals surface area (Å²) in [6.07, 6.45) is -0.0255. The van der Waals surface area contributed by atoms with E-state index in [-0.39, 0.29) is 6.42 Å². The third kappa shape index (κ3) is 2.28. The van der Waals surface area contributed by atoms with Gasteiger partial charge in [0, 0.05) is 12.0 Å². The maximum absolute atomic E-state index is 13.3. The number of hydrogen-bond donors (Lipinski definition) is 0. The molecule has 0 N–H and O–H groups in total. The summed E-state index contributed by atoms with van der Waals surface area (Å²) in [6, 6.07) is 8.21. The van der Waals surface area contributed by atoms with Crippen molar-refractivity contribution in [1.29, 1.82) is 0 Å². The predicted molar refractivity (Wildman–Crippen MR) is 50.8 cm³/mol. The van der Waals surface area contributed by atoms with Gasteiger partial charge in [0.15, 0.2) is 0 Å². The van der Waals surface area contributed by atoms with Crippen LogP contribution in [-0.4, -0.2) is 10.9 Å². The SMILES string of the molecule is CCC(F)(Cl)C(=O)c1ccccc1. The largest absolute Gasteiger partial charge is 0.289 e. The van der Waals surface area contributed by atoms with Crippen molar-refractivity contribution in [3.63, 3.8) is 0 Å². The topological polar surface area (TPSA) is 17.1 Å². The number of halogens is 2. The van der Waals surface area contributed by atoms with E-state index >= 15 is 0 Å². The first-order valence-corrected chi connectivity index (χ1v) is 4.43. The number of alkyl halides is 2. The molecule has 3 heteroatoms. The molecule has 1 atom stereocenters. The molecule has 1 aromatic carbocycles. The van der Waals surface area contributed by atoms with Crippen molar-refractivity contribution in [3.05, 3.63) is 35.9 Å². The smallest absolute Gasteiger partial charge is 0.245 e. The average molecular weight is 201 g/mol. The Kier molecular flexibility index (Phi) is 3.04. The number of benzene rings is 1. The van der Waals surface area contributed by atoms with Crippen molar-refractivity contribution < 1.29 is 9.18 Å². The molecule has 0 heterocycles. The molecule has 0 bridgehead atoms. The lowest BCUT2D eigenvalue weighted by Crippen LogP contribution is -2.26. The lowest BCUT2D eigenvalue weighted by molar-refractivity contribution is 0.0824. The van der Waals surface area contributed by atoms with Crippen LogP contribution in [0.15, 0.2) is 30.3 Å². The van der Waals surface area contributed by atoms with Gasteiger partial charge >= 0.3 is 0 Å². The van der Waals surface area contributed by atoms with Crippen molar-refractivity contribution in [2.45, 2.75) is 18.5 Å². The molecule has 0 aliphatic heterocycles. The normalized spacial score (nSPS) is 15.0. The Labute approximate surface area is 81.5 Å². The number of Topliss-reactive ketones (excluding diaryl/α,β-unsaturated/α-hetero) is 1. The molecule has 0 aliphatic carbocycles. The fraction of sp³-hybridized carbons (Fsp3) is 0.300. The second kappa shape index (κ2) is 3.88. The fourth-order valence-electron chi connectivity index (χ4n) is 0.961. The van der Waals surface area contributed by atoms with Gasteiger partial charge in [-0.05, 0) is 0 Å². The Bertz CT molecular complexity index is 295. The van der Waals surface area contributed by atoms with Gasteiger partial charge in [0.05, 0.1) is 0 Å². The van der Waals surface area contributed by atoms with Crippen LogP contribution in [0.3, 0.4) is 0 Å². The van der Waals surface area contributed by atoms with Crippen molar-refractivity contribution in [1.82, 2.24) is 0 Å². The highest BCUT2D eigenvalue weighted by atomic mass is 35.5. The molecule has 0 spiro atoms. The minimum Gasteiger partial charge on any atom is -0.289 e. The van der Waals surface area contributed by atoms with Crippen LogP contribution in [0.1, 0.15) is 23.7 Å². The molecule has 0 fully saturated rings. The minimum atomic E-state index is -2.26. The minimum absolute atomic E-state index is 0.0255. The summed E-state index contributed by atoms with van der Waals surface area (Å²) in [6.45, 7) is 1.54. The highest BCUT2D eigenvalue weighted by Crippen LogP contribution is 2.26. The number of ketones is 1. The van der Waals surface area contributed by atoms with Crippen LogP contribution in [0.4, 0.5) is 4.39 Å². The van der Waals surface area contributed by atoms with Crippen LogP contribution in [0.25, 0.3) is 0 Å². The van der Waals surface area contributed by atoms with E-state index in [1.165, 1.54) is 6.92 Å². The van der Waals surface area contributed by atoms with E-state index < -0.39 is 10.9 Å². The van der Waals surface area contributed by atoms with Crippen molar-refractivity contribution >= 4 is 17.4 Å². The zero-order valence-corrected chi connectivity index (χ0v) is 8.01. The predicted octanol–water partition coefficient (Wildman–Crippen LogP) is 3.18. The number of carbonyl (C=O) groups is 1. The maximum Gasteiger partial charge on any atom is 0.245 e. The van der Waals surface area contributed by atoms with Crippen molar-refractivity contribution in [2.75, 3.05) is 0 Å². The molecule has 0 amide bonds. The molecule has 70 valence electrons. The molecule has 0 saturated heterocycles. The lowest BCUT2D eigenvalue weighted by atomic mass is 10.1. The molecule has 1 unspecified atom stereocenters. The van der Waals surface area contributed by atoms with Crippen LogP contribution in [0, 0.1) is 0 Å². The first kappa shape index (κ1) is 10.2. The molecular formula is C10H10ClFO.